The second-order valence-electron chi connectivity index (χ2n) is 3.55. The van der Waals surface area contributed by atoms with Crippen molar-refractivity contribution in [2.75, 3.05) is 6.61 Å². The number of hydrogen-bond acceptors (Lipinski definition) is 3. The van der Waals surface area contributed by atoms with Gasteiger partial charge in [0.05, 0.1) is 6.61 Å². The highest BCUT2D eigenvalue weighted by molar-refractivity contribution is 7.09. The Morgan fingerprint density at radius 3 is 2.81 bits per heavy atom. The Morgan fingerprint density at radius 2 is 2.31 bits per heavy atom. The molecule has 0 heterocycles. The molecular formula is C12H23O3P. The van der Waals surface area contributed by atoms with Gasteiger partial charge in [-0.1, -0.05) is 19.6 Å². The number of carbonyl (C=O) groups is 1. The van der Waals surface area contributed by atoms with Gasteiger partial charge in [-0.05, 0) is 31.4 Å². The molecule has 0 saturated heterocycles. The number of unbranched alkanes of at least 4 members (excludes halogenated alkanes) is 1. The summed E-state index contributed by atoms with van der Waals surface area (Å²) in [5.41, 5.74) is 0.834. The van der Waals surface area contributed by atoms with Gasteiger partial charge in [0.25, 0.3) is 0 Å². The van der Waals surface area contributed by atoms with E-state index in [1.807, 2.05) is 19.1 Å². The van der Waals surface area contributed by atoms with Gasteiger partial charge in [0, 0.05) is 17.3 Å². The monoisotopic (exact) mass is 248 g/mol. The molecule has 16 heavy (non-hydrogen) atoms. The van der Waals surface area contributed by atoms with Crippen molar-refractivity contribution in [3.63, 3.8) is 0 Å². The summed E-state index contributed by atoms with van der Waals surface area (Å²) < 4.78 is 10.1. The second-order valence-corrected chi connectivity index (χ2v) is 3.88. The standard InChI is InChI=1S/C12H21O3P.H2/c1-4-12(13)15-11(10(2)3)8-6-5-7-9-14-16;/h6,8,11H,2,4-5,7,9,16H2,1,3H3;1H/b8-6+;/i;1+2. The smallest absolute Gasteiger partial charge is 0.306 e. The van der Waals surface area contributed by atoms with Crippen LogP contribution in [0.5, 0.6) is 0 Å². The minimum atomic E-state index is -0.302. The lowest BCUT2D eigenvalue weighted by Gasteiger charge is -2.13. The van der Waals surface area contributed by atoms with E-state index < -0.39 is 0 Å². The quantitative estimate of drug-likeness (QED) is 0.286. The van der Waals surface area contributed by atoms with Gasteiger partial charge in [0.1, 0.15) is 6.10 Å². The van der Waals surface area contributed by atoms with E-state index in [1.165, 1.54) is 0 Å². The SMILES string of the molecule is C=C(C)C(/C=C/CCCOP)OC(=O)CC.[3HH]. The van der Waals surface area contributed by atoms with E-state index in [9.17, 15) is 4.79 Å². The Bertz CT molecular complexity index is 254. The molecule has 0 aromatic heterocycles. The lowest BCUT2D eigenvalue weighted by atomic mass is 10.1. The minimum Gasteiger partial charge on any atom is -0.454 e. The summed E-state index contributed by atoms with van der Waals surface area (Å²) in [5.74, 6) is -0.203. The first-order chi connectivity index (χ1) is 7.61. The van der Waals surface area contributed by atoms with E-state index in [1.54, 1.807) is 6.92 Å². The Kier molecular flexibility index (Phi) is 9.16. The molecule has 0 amide bonds. The average molecular weight is 248 g/mol. The van der Waals surface area contributed by atoms with Crippen LogP contribution in [-0.2, 0) is 14.1 Å². The third-order valence-corrected chi connectivity index (χ3v) is 2.21. The van der Waals surface area contributed by atoms with E-state index in [-0.39, 0.29) is 13.5 Å². The predicted octanol–water partition coefficient (Wildman–Crippen LogP) is 3.27. The molecular weight excluding hydrogens is 223 g/mol. The van der Waals surface area contributed by atoms with Crippen molar-refractivity contribution < 1.29 is 15.5 Å². The van der Waals surface area contributed by atoms with Crippen LogP contribution in [0.4, 0.5) is 0 Å². The molecule has 2 unspecified atom stereocenters. The van der Waals surface area contributed by atoms with Gasteiger partial charge in [0.15, 0.2) is 0 Å². The summed E-state index contributed by atoms with van der Waals surface area (Å²) in [4.78, 5) is 11.1. The fourth-order valence-electron chi connectivity index (χ4n) is 1.03. The van der Waals surface area contributed by atoms with Crippen LogP contribution < -0.4 is 0 Å². The van der Waals surface area contributed by atoms with Gasteiger partial charge >= 0.3 is 5.97 Å². The number of hydrogen-bond donors (Lipinski definition) is 0. The highest BCUT2D eigenvalue weighted by Gasteiger charge is 2.09. The van der Waals surface area contributed by atoms with Crippen molar-refractivity contribution >= 4 is 15.4 Å². The summed E-state index contributed by atoms with van der Waals surface area (Å²) in [5, 5.41) is 0. The van der Waals surface area contributed by atoms with Crippen LogP contribution >= 0.6 is 9.47 Å². The van der Waals surface area contributed by atoms with Gasteiger partial charge in [-0.2, -0.15) is 0 Å². The zero-order valence-corrected chi connectivity index (χ0v) is 11.2. The normalized spacial score (nSPS) is 12.7. The van der Waals surface area contributed by atoms with Crippen LogP contribution in [0.3, 0.4) is 0 Å². The molecule has 0 N–H and O–H groups in total. The molecule has 0 aliphatic heterocycles. The molecule has 3 nitrogen and oxygen atoms in total. The fourth-order valence-corrected chi connectivity index (χ4v) is 1.20. The summed E-state index contributed by atoms with van der Waals surface area (Å²) in [7, 11) is 2.22. The Balaban J connectivity index is 0. The van der Waals surface area contributed by atoms with E-state index in [0.29, 0.717) is 13.0 Å². The van der Waals surface area contributed by atoms with Crippen molar-refractivity contribution in [3.05, 3.63) is 24.3 Å². The zero-order chi connectivity index (χ0) is 12.4. The first-order valence-electron chi connectivity index (χ1n) is 5.45. The molecule has 0 radical (unpaired) electrons. The maximum absolute atomic E-state index is 11.1. The van der Waals surface area contributed by atoms with Gasteiger partial charge < -0.3 is 9.26 Å². The Labute approximate surface area is 102 Å². The van der Waals surface area contributed by atoms with Crippen LogP contribution in [0.2, 0.25) is 0 Å². The molecule has 0 fully saturated rings. The highest BCUT2D eigenvalue weighted by atomic mass is 31.0. The molecule has 0 aromatic rings. The zero-order valence-electron chi connectivity index (χ0n) is 10.1. The number of ether oxygens (including phenoxy) is 1. The average Bonchev–Trinajstić information content (AvgIpc) is 2.26. The lowest BCUT2D eigenvalue weighted by Crippen LogP contribution is -2.15. The third kappa shape index (κ3) is 7.61. The summed E-state index contributed by atoms with van der Waals surface area (Å²) in [6, 6.07) is 0. The van der Waals surface area contributed by atoms with E-state index >= 15 is 0 Å². The molecule has 2 atom stereocenters. The van der Waals surface area contributed by atoms with Gasteiger partial charge in [-0.15, -0.1) is 0 Å². The summed E-state index contributed by atoms with van der Waals surface area (Å²) >= 11 is 0. The Morgan fingerprint density at radius 1 is 1.62 bits per heavy atom. The van der Waals surface area contributed by atoms with Crippen LogP contribution in [0.1, 0.15) is 34.5 Å². The minimum absolute atomic E-state index is 0. The molecule has 0 rings (SSSR count). The van der Waals surface area contributed by atoms with Gasteiger partial charge in [-0.3, -0.25) is 4.79 Å². The first kappa shape index (κ1) is 15.3. The number of carbonyl (C=O) groups excluding carboxylic acids is 1. The molecule has 0 bridgehead atoms. The van der Waals surface area contributed by atoms with Crippen LogP contribution in [0, 0.1) is 0 Å². The maximum Gasteiger partial charge on any atom is 0.306 e. The number of esters is 1. The van der Waals surface area contributed by atoms with Crippen molar-refractivity contribution in [1.29, 1.82) is 0 Å². The van der Waals surface area contributed by atoms with Gasteiger partial charge in [-0.25, -0.2) is 0 Å². The third-order valence-electron chi connectivity index (χ3n) is 1.98. The predicted molar refractivity (Wildman–Crippen MR) is 71.1 cm³/mol. The van der Waals surface area contributed by atoms with Crippen molar-refractivity contribution in [1.82, 2.24) is 0 Å². The lowest BCUT2D eigenvalue weighted by molar-refractivity contribution is -0.145. The molecule has 0 saturated carbocycles. The Hall–Kier alpha value is -0.660. The molecule has 0 aromatic carbocycles. The topological polar surface area (TPSA) is 35.5 Å². The van der Waals surface area contributed by atoms with Crippen molar-refractivity contribution in [3.8, 4) is 0 Å². The van der Waals surface area contributed by atoms with E-state index in [0.717, 1.165) is 18.4 Å². The second kappa shape index (κ2) is 9.56. The van der Waals surface area contributed by atoms with E-state index in [2.05, 4.69) is 16.0 Å². The van der Waals surface area contributed by atoms with Gasteiger partial charge in [0.2, 0.25) is 0 Å². The molecule has 0 spiro atoms. The van der Waals surface area contributed by atoms with Crippen LogP contribution in [0.25, 0.3) is 0 Å². The first-order valence-corrected chi connectivity index (χ1v) is 5.92. The van der Waals surface area contributed by atoms with E-state index in [4.69, 9.17) is 9.26 Å². The number of allylic oxidation sites excluding steroid dienone is 1. The summed E-state index contributed by atoms with van der Waals surface area (Å²) in [6.07, 6.45) is 5.81. The fraction of sp³-hybridized carbons (Fsp3) is 0.583. The van der Waals surface area contributed by atoms with Crippen LogP contribution in [-0.4, -0.2) is 18.7 Å². The van der Waals surface area contributed by atoms with Crippen LogP contribution in [0.15, 0.2) is 24.3 Å². The van der Waals surface area contributed by atoms with Crippen molar-refractivity contribution in [2.45, 2.75) is 39.2 Å². The maximum atomic E-state index is 11.1. The molecule has 0 aliphatic rings. The summed E-state index contributed by atoms with van der Waals surface area (Å²) in [6.45, 7) is 8.14. The number of rotatable bonds is 8. The molecule has 0 aliphatic carbocycles. The van der Waals surface area contributed by atoms with Crippen molar-refractivity contribution in [2.24, 2.45) is 0 Å². The molecule has 94 valence electrons. The largest absolute Gasteiger partial charge is 0.454 e. The highest BCUT2D eigenvalue weighted by Crippen LogP contribution is 2.08. The molecule has 4 heteroatoms.